The third-order valence-electron chi connectivity index (χ3n) is 2.24. The first kappa shape index (κ1) is 12.7. The lowest BCUT2D eigenvalue weighted by atomic mass is 10.2. The molecular weight excluding hydrogens is 228 g/mol. The molecule has 0 radical (unpaired) electrons. The summed E-state index contributed by atoms with van der Waals surface area (Å²) in [5.41, 5.74) is 0.565. The summed E-state index contributed by atoms with van der Waals surface area (Å²) in [5.74, 6) is -4.15. The van der Waals surface area contributed by atoms with Crippen molar-refractivity contribution >= 4 is 6.29 Å². The molecular formula is C9H10F4N2O. The lowest BCUT2D eigenvalue weighted by Crippen LogP contribution is -2.33. The van der Waals surface area contributed by atoms with Gasteiger partial charge < -0.3 is 0 Å². The lowest BCUT2D eigenvalue weighted by molar-refractivity contribution is -0.139. The van der Waals surface area contributed by atoms with Gasteiger partial charge in [0.25, 0.3) is 0 Å². The third kappa shape index (κ3) is 2.23. The fraction of sp³-hybridized carbons (Fsp3) is 0.556. The van der Waals surface area contributed by atoms with Gasteiger partial charge in [-0.05, 0) is 13.8 Å². The number of hydrogen-bond acceptors (Lipinski definition) is 2. The first-order chi connectivity index (χ1) is 7.29. The third-order valence-corrected chi connectivity index (χ3v) is 2.24. The number of carbonyl (C=O) groups excluding carboxylic acids is 1. The second-order valence-corrected chi connectivity index (χ2v) is 3.42. The Morgan fingerprint density at radius 1 is 1.44 bits per heavy atom. The molecule has 0 N–H and O–H groups in total. The summed E-state index contributed by atoms with van der Waals surface area (Å²) in [7, 11) is 0. The van der Waals surface area contributed by atoms with Crippen LogP contribution in [0.3, 0.4) is 0 Å². The van der Waals surface area contributed by atoms with Gasteiger partial charge in [-0.1, -0.05) is 0 Å². The minimum Gasteiger partial charge on any atom is -0.298 e. The quantitative estimate of drug-likeness (QED) is 0.595. The molecule has 0 atom stereocenters. The van der Waals surface area contributed by atoms with Gasteiger partial charge in [0, 0.05) is 5.69 Å². The summed E-state index contributed by atoms with van der Waals surface area (Å²) >= 11 is 0. The van der Waals surface area contributed by atoms with Crippen molar-refractivity contribution in [1.82, 2.24) is 9.78 Å². The minimum absolute atomic E-state index is 0.157. The Labute approximate surface area is 89.1 Å². The molecule has 0 saturated heterocycles. The largest absolute Gasteiger partial charge is 0.326 e. The van der Waals surface area contributed by atoms with Gasteiger partial charge in [0.1, 0.15) is 6.54 Å². The van der Waals surface area contributed by atoms with E-state index >= 15 is 0 Å². The number of aldehydes is 1. The molecule has 16 heavy (non-hydrogen) atoms. The van der Waals surface area contributed by atoms with Gasteiger partial charge in [0.2, 0.25) is 0 Å². The van der Waals surface area contributed by atoms with Crippen molar-refractivity contribution in [2.75, 3.05) is 0 Å². The molecule has 0 bridgehead atoms. The molecule has 0 spiro atoms. The SMILES string of the molecule is Cc1nn(CC(F)(F)C(F)F)c(C)c1C=O. The van der Waals surface area contributed by atoms with E-state index in [1.165, 1.54) is 13.8 Å². The van der Waals surface area contributed by atoms with Crippen molar-refractivity contribution in [1.29, 1.82) is 0 Å². The van der Waals surface area contributed by atoms with E-state index in [0.29, 0.717) is 6.29 Å². The van der Waals surface area contributed by atoms with E-state index < -0.39 is 18.9 Å². The Balaban J connectivity index is 3.03. The molecule has 0 aliphatic rings. The maximum Gasteiger partial charge on any atom is 0.326 e. The van der Waals surface area contributed by atoms with E-state index in [0.717, 1.165) is 4.68 Å². The van der Waals surface area contributed by atoms with Gasteiger partial charge in [-0.15, -0.1) is 0 Å². The van der Waals surface area contributed by atoms with E-state index in [1.807, 2.05) is 0 Å². The summed E-state index contributed by atoms with van der Waals surface area (Å²) in [6, 6.07) is 0. The summed E-state index contributed by atoms with van der Waals surface area (Å²) in [6.45, 7) is 1.60. The van der Waals surface area contributed by atoms with Gasteiger partial charge in [0.15, 0.2) is 6.29 Å². The van der Waals surface area contributed by atoms with Crippen LogP contribution in [0.5, 0.6) is 0 Å². The molecule has 90 valence electrons. The van der Waals surface area contributed by atoms with Crippen LogP contribution in [0.15, 0.2) is 0 Å². The van der Waals surface area contributed by atoms with Crippen molar-refractivity contribution in [3.63, 3.8) is 0 Å². The number of hydrogen-bond donors (Lipinski definition) is 0. The van der Waals surface area contributed by atoms with Gasteiger partial charge in [-0.2, -0.15) is 13.9 Å². The molecule has 1 aromatic heterocycles. The van der Waals surface area contributed by atoms with Crippen LogP contribution in [0.1, 0.15) is 21.7 Å². The summed E-state index contributed by atoms with van der Waals surface area (Å²) in [4.78, 5) is 10.6. The van der Waals surface area contributed by atoms with Crippen LogP contribution in [0.25, 0.3) is 0 Å². The topological polar surface area (TPSA) is 34.9 Å². The smallest absolute Gasteiger partial charge is 0.298 e. The van der Waals surface area contributed by atoms with Gasteiger partial charge in [-0.3, -0.25) is 9.48 Å². The molecule has 1 rings (SSSR count). The van der Waals surface area contributed by atoms with Crippen LogP contribution in [0, 0.1) is 13.8 Å². The Bertz CT molecular complexity index is 400. The highest BCUT2D eigenvalue weighted by Gasteiger charge is 2.41. The predicted octanol–water partition coefficient (Wildman–Crippen LogP) is 2.21. The first-order valence-electron chi connectivity index (χ1n) is 4.44. The van der Waals surface area contributed by atoms with E-state index in [4.69, 9.17) is 0 Å². The molecule has 0 fully saturated rings. The Morgan fingerprint density at radius 3 is 2.38 bits per heavy atom. The van der Waals surface area contributed by atoms with Crippen molar-refractivity contribution in [3.8, 4) is 0 Å². The fourth-order valence-corrected chi connectivity index (χ4v) is 1.30. The van der Waals surface area contributed by atoms with E-state index in [-0.39, 0.29) is 17.0 Å². The monoisotopic (exact) mass is 238 g/mol. The van der Waals surface area contributed by atoms with Crippen LogP contribution in [-0.2, 0) is 6.54 Å². The number of rotatable bonds is 4. The van der Waals surface area contributed by atoms with Gasteiger partial charge in [0.05, 0.1) is 11.3 Å². The van der Waals surface area contributed by atoms with E-state index in [1.54, 1.807) is 0 Å². The molecule has 0 aromatic carbocycles. The van der Waals surface area contributed by atoms with Crippen LogP contribution < -0.4 is 0 Å². The Hall–Kier alpha value is -1.40. The Kier molecular flexibility index (Phi) is 3.35. The number of alkyl halides is 4. The standard InChI is InChI=1S/C9H10F4N2O/c1-5-7(3-16)6(2)15(14-5)4-9(12,13)8(10)11/h3,8H,4H2,1-2H3. The second-order valence-electron chi connectivity index (χ2n) is 3.42. The number of halogens is 4. The highest BCUT2D eigenvalue weighted by molar-refractivity contribution is 5.78. The average molecular weight is 238 g/mol. The molecule has 3 nitrogen and oxygen atoms in total. The van der Waals surface area contributed by atoms with Crippen molar-refractivity contribution in [3.05, 3.63) is 17.0 Å². The van der Waals surface area contributed by atoms with Gasteiger partial charge in [-0.25, -0.2) is 8.78 Å². The van der Waals surface area contributed by atoms with Gasteiger partial charge >= 0.3 is 12.3 Å². The van der Waals surface area contributed by atoms with Crippen molar-refractivity contribution < 1.29 is 22.4 Å². The van der Waals surface area contributed by atoms with Crippen molar-refractivity contribution in [2.24, 2.45) is 0 Å². The number of aromatic nitrogens is 2. The maximum absolute atomic E-state index is 12.8. The summed E-state index contributed by atoms with van der Waals surface area (Å²) < 4.78 is 50.2. The average Bonchev–Trinajstić information content (AvgIpc) is 2.41. The Morgan fingerprint density at radius 2 is 2.00 bits per heavy atom. The number of carbonyl (C=O) groups is 1. The number of nitrogens with zero attached hydrogens (tertiary/aromatic N) is 2. The molecule has 1 heterocycles. The fourth-order valence-electron chi connectivity index (χ4n) is 1.30. The zero-order chi connectivity index (χ0) is 12.5. The molecule has 0 aliphatic carbocycles. The van der Waals surface area contributed by atoms with Crippen LogP contribution in [-0.4, -0.2) is 28.4 Å². The van der Waals surface area contributed by atoms with E-state index in [9.17, 15) is 22.4 Å². The molecule has 1 aromatic rings. The highest BCUT2D eigenvalue weighted by atomic mass is 19.3. The minimum atomic E-state index is -4.15. The predicted molar refractivity (Wildman–Crippen MR) is 48.0 cm³/mol. The van der Waals surface area contributed by atoms with Crippen LogP contribution >= 0.6 is 0 Å². The maximum atomic E-state index is 12.8. The van der Waals surface area contributed by atoms with Crippen LogP contribution in [0.4, 0.5) is 17.6 Å². The zero-order valence-electron chi connectivity index (χ0n) is 8.68. The first-order valence-corrected chi connectivity index (χ1v) is 4.44. The van der Waals surface area contributed by atoms with Crippen molar-refractivity contribution in [2.45, 2.75) is 32.7 Å². The second kappa shape index (κ2) is 4.23. The highest BCUT2D eigenvalue weighted by Crippen LogP contribution is 2.25. The van der Waals surface area contributed by atoms with E-state index in [2.05, 4.69) is 5.10 Å². The molecule has 0 amide bonds. The zero-order valence-corrected chi connectivity index (χ0v) is 8.68. The molecule has 7 heteroatoms. The molecule has 0 unspecified atom stereocenters. The summed E-state index contributed by atoms with van der Waals surface area (Å²) in [6.07, 6.45) is -3.29. The lowest BCUT2D eigenvalue weighted by Gasteiger charge is -2.15. The number of aryl methyl sites for hydroxylation is 1. The normalized spacial score (nSPS) is 12.2. The van der Waals surface area contributed by atoms with Crippen LogP contribution in [0.2, 0.25) is 0 Å². The summed E-state index contributed by atoms with van der Waals surface area (Å²) in [5, 5.41) is 3.62. The molecule has 0 saturated carbocycles. The molecule has 0 aliphatic heterocycles.